The van der Waals surface area contributed by atoms with Gasteiger partial charge in [-0.2, -0.15) is 0 Å². The van der Waals surface area contributed by atoms with Crippen LogP contribution in [0.15, 0.2) is 12.1 Å². The highest BCUT2D eigenvalue weighted by molar-refractivity contribution is 6.90. The van der Waals surface area contributed by atoms with Gasteiger partial charge in [0, 0.05) is 17.7 Å². The third-order valence-electron chi connectivity index (χ3n) is 4.67. The topological polar surface area (TPSA) is 92.7 Å². The van der Waals surface area contributed by atoms with E-state index in [9.17, 15) is 9.90 Å². The molecule has 8 nitrogen and oxygen atoms in total. The van der Waals surface area contributed by atoms with Gasteiger partial charge in [-0.1, -0.05) is 0 Å². The number of rotatable bonds is 15. The summed E-state index contributed by atoms with van der Waals surface area (Å²) in [4.78, 5) is 11.3. The lowest BCUT2D eigenvalue weighted by Gasteiger charge is -2.43. The number of methoxy groups -OCH3 is 3. The van der Waals surface area contributed by atoms with E-state index < -0.39 is 39.7 Å². The summed E-state index contributed by atoms with van der Waals surface area (Å²) in [5.74, 6) is 0.438. The van der Waals surface area contributed by atoms with Crippen LogP contribution in [0.2, 0.25) is 65.0 Å². The minimum atomic E-state index is -3.00. The molecule has 36 heavy (non-hydrogen) atoms. The summed E-state index contributed by atoms with van der Waals surface area (Å²) in [5, 5.41) is 9.22. The van der Waals surface area contributed by atoms with E-state index >= 15 is 0 Å². The number of benzene rings is 1. The summed E-state index contributed by atoms with van der Waals surface area (Å²) < 4.78 is 37.2. The summed E-state index contributed by atoms with van der Waals surface area (Å²) in [6.07, 6.45) is 3.98. The van der Waals surface area contributed by atoms with Crippen molar-refractivity contribution in [2.24, 2.45) is 0 Å². The summed E-state index contributed by atoms with van der Waals surface area (Å²) in [7, 11) is -4.29. The molecular formula is C24H46O8Si4. The highest BCUT2D eigenvalue weighted by Gasteiger charge is 2.49. The van der Waals surface area contributed by atoms with Gasteiger partial charge in [0.2, 0.25) is 5.75 Å². The first-order valence-electron chi connectivity index (χ1n) is 12.2. The minimum Gasteiger partial charge on any atom is -0.493 e. The molecule has 0 saturated carbocycles. The number of carboxylic acids is 1. The Labute approximate surface area is 221 Å². The van der Waals surface area contributed by atoms with Crippen LogP contribution >= 0.6 is 0 Å². The molecule has 0 bridgehead atoms. The van der Waals surface area contributed by atoms with Gasteiger partial charge in [0.1, 0.15) is 0 Å². The Morgan fingerprint density at radius 3 is 1.64 bits per heavy atom. The van der Waals surface area contributed by atoms with Gasteiger partial charge in [0.25, 0.3) is 0 Å². The first kappa shape index (κ1) is 32.6. The molecule has 0 saturated heterocycles. The minimum absolute atomic E-state index is 0.470. The molecule has 0 aliphatic carbocycles. The average Bonchev–Trinajstić information content (AvgIpc) is 2.67. The van der Waals surface area contributed by atoms with Crippen LogP contribution in [0, 0.1) is 0 Å². The van der Waals surface area contributed by atoms with E-state index in [2.05, 4.69) is 58.9 Å². The second-order valence-corrected chi connectivity index (χ2v) is 28.6. The van der Waals surface area contributed by atoms with Crippen molar-refractivity contribution in [3.63, 3.8) is 0 Å². The van der Waals surface area contributed by atoms with Gasteiger partial charge in [-0.3, -0.25) is 0 Å². The Hall–Kier alpha value is -1.42. The van der Waals surface area contributed by atoms with Gasteiger partial charge in [0.05, 0.1) is 21.3 Å². The quantitative estimate of drug-likeness (QED) is 0.194. The molecule has 0 radical (unpaired) electrons. The molecule has 0 aromatic heterocycles. The molecule has 0 aliphatic heterocycles. The van der Waals surface area contributed by atoms with E-state index in [0.29, 0.717) is 41.7 Å². The SMILES string of the molecule is COc1cc(C=CC(=O)O)c(CCC[Si](O[Si](C)(C)C)(O[Si](C)(C)C)O[Si](C)(C)C)c(OC)c1OC. The van der Waals surface area contributed by atoms with Crippen LogP contribution in [0.3, 0.4) is 0 Å². The molecule has 206 valence electrons. The standard InChI is InChI=1S/C24H46O8Si4/c1-27-21-18-19(15-16-22(25)26)20(23(28-2)24(21)29-3)14-13-17-36(30-33(4,5)6,31-34(7,8)9)32-35(10,11)12/h15-16,18H,13-14,17H2,1-12H3,(H,25,26). The summed E-state index contributed by atoms with van der Waals surface area (Å²) in [6, 6.07) is 2.43. The van der Waals surface area contributed by atoms with Gasteiger partial charge >= 0.3 is 14.8 Å². The third kappa shape index (κ3) is 10.9. The summed E-state index contributed by atoms with van der Waals surface area (Å²) in [6.45, 7) is 19.5. The van der Waals surface area contributed by atoms with Crippen LogP contribution in [0.5, 0.6) is 17.2 Å². The summed E-state index contributed by atoms with van der Waals surface area (Å²) in [5.41, 5.74) is 1.53. The first-order valence-corrected chi connectivity index (χ1v) is 24.3. The molecule has 1 aromatic rings. The highest BCUT2D eigenvalue weighted by Crippen LogP contribution is 2.43. The Kier molecular flexibility index (Phi) is 11.7. The van der Waals surface area contributed by atoms with Crippen LogP contribution in [0.1, 0.15) is 17.5 Å². The number of carboxylic acid groups (broad SMARTS) is 1. The monoisotopic (exact) mass is 574 g/mol. The number of carbonyl (C=O) groups is 1. The fraction of sp³-hybridized carbons (Fsp3) is 0.625. The number of aliphatic carboxylic acids is 1. The molecule has 0 atom stereocenters. The van der Waals surface area contributed by atoms with Crippen molar-refractivity contribution in [2.45, 2.75) is 77.8 Å². The number of ether oxygens (including phenoxy) is 3. The van der Waals surface area contributed by atoms with Crippen LogP contribution in [-0.4, -0.2) is 66.2 Å². The molecular weight excluding hydrogens is 529 g/mol. The van der Waals surface area contributed by atoms with Crippen molar-refractivity contribution in [3.8, 4) is 17.2 Å². The molecule has 0 amide bonds. The molecule has 0 fully saturated rings. The Balaban J connectivity index is 3.52. The van der Waals surface area contributed by atoms with Gasteiger partial charge in [-0.15, -0.1) is 0 Å². The van der Waals surface area contributed by atoms with E-state index in [0.717, 1.165) is 11.6 Å². The van der Waals surface area contributed by atoms with E-state index in [-0.39, 0.29) is 0 Å². The lowest BCUT2D eigenvalue weighted by Crippen LogP contribution is -2.60. The van der Waals surface area contributed by atoms with E-state index in [4.69, 9.17) is 26.6 Å². The molecule has 0 heterocycles. The second-order valence-electron chi connectivity index (χ2n) is 11.6. The van der Waals surface area contributed by atoms with Crippen molar-refractivity contribution >= 4 is 45.8 Å². The van der Waals surface area contributed by atoms with Crippen LogP contribution < -0.4 is 14.2 Å². The predicted octanol–water partition coefficient (Wildman–Crippen LogP) is 6.24. The number of hydrogen-bond acceptors (Lipinski definition) is 7. The van der Waals surface area contributed by atoms with Crippen molar-refractivity contribution in [2.75, 3.05) is 21.3 Å². The molecule has 0 aliphatic rings. The lowest BCUT2D eigenvalue weighted by molar-refractivity contribution is -0.131. The maximum atomic E-state index is 11.3. The largest absolute Gasteiger partial charge is 0.493 e. The van der Waals surface area contributed by atoms with Crippen molar-refractivity contribution in [1.82, 2.24) is 0 Å². The Bertz CT molecular complexity index is 874. The molecule has 0 spiro atoms. The molecule has 1 N–H and O–H groups in total. The van der Waals surface area contributed by atoms with Crippen molar-refractivity contribution in [3.05, 3.63) is 23.3 Å². The van der Waals surface area contributed by atoms with Gasteiger partial charge in [-0.05, 0) is 89.5 Å². The molecule has 0 unspecified atom stereocenters. The molecule has 1 rings (SSSR count). The second kappa shape index (κ2) is 12.9. The maximum Gasteiger partial charge on any atom is 0.469 e. The van der Waals surface area contributed by atoms with Gasteiger partial charge in [-0.25, -0.2) is 4.79 Å². The van der Waals surface area contributed by atoms with Gasteiger partial charge < -0.3 is 31.7 Å². The van der Waals surface area contributed by atoms with Crippen molar-refractivity contribution in [1.29, 1.82) is 0 Å². The average molecular weight is 575 g/mol. The van der Waals surface area contributed by atoms with E-state index in [1.165, 1.54) is 7.11 Å². The predicted molar refractivity (Wildman–Crippen MR) is 155 cm³/mol. The van der Waals surface area contributed by atoms with Crippen LogP contribution in [0.25, 0.3) is 6.08 Å². The fourth-order valence-electron chi connectivity index (χ4n) is 3.90. The van der Waals surface area contributed by atoms with Crippen LogP contribution in [0.4, 0.5) is 0 Å². The van der Waals surface area contributed by atoms with Crippen molar-refractivity contribution < 1.29 is 36.5 Å². The van der Waals surface area contributed by atoms with Crippen LogP contribution in [-0.2, 0) is 23.6 Å². The third-order valence-corrected chi connectivity index (χ3v) is 16.7. The normalized spacial score (nSPS) is 13.2. The Morgan fingerprint density at radius 2 is 1.28 bits per heavy atom. The van der Waals surface area contributed by atoms with E-state index in [1.54, 1.807) is 26.4 Å². The Morgan fingerprint density at radius 1 is 0.806 bits per heavy atom. The number of hydrogen-bond donors (Lipinski definition) is 1. The maximum absolute atomic E-state index is 11.3. The smallest absolute Gasteiger partial charge is 0.469 e. The zero-order valence-corrected chi connectivity index (χ0v) is 28.2. The summed E-state index contributed by atoms with van der Waals surface area (Å²) >= 11 is 0. The molecule has 1 aromatic carbocycles. The van der Waals surface area contributed by atoms with Gasteiger partial charge in [0.15, 0.2) is 36.5 Å². The highest BCUT2D eigenvalue weighted by atomic mass is 28.5. The van der Waals surface area contributed by atoms with E-state index in [1.807, 2.05) is 0 Å². The first-order chi connectivity index (χ1) is 16.4. The zero-order chi connectivity index (χ0) is 27.9. The molecule has 12 heteroatoms. The zero-order valence-electron chi connectivity index (χ0n) is 24.2. The lowest BCUT2D eigenvalue weighted by atomic mass is 10.00. The fourth-order valence-corrected chi connectivity index (χ4v) is 18.6.